The van der Waals surface area contributed by atoms with Gasteiger partial charge < -0.3 is 15.0 Å². The predicted molar refractivity (Wildman–Crippen MR) is 123 cm³/mol. The quantitative estimate of drug-likeness (QED) is 0.594. The second-order valence-electron chi connectivity index (χ2n) is 8.24. The number of amides is 1. The zero-order valence-corrected chi connectivity index (χ0v) is 17.9. The first-order chi connectivity index (χ1) is 15.3. The molecule has 1 aliphatic rings. The third-order valence-corrected chi connectivity index (χ3v) is 5.94. The van der Waals surface area contributed by atoms with Crippen molar-refractivity contribution >= 4 is 5.91 Å². The van der Waals surface area contributed by atoms with Gasteiger partial charge in [-0.2, -0.15) is 0 Å². The first-order valence-electron chi connectivity index (χ1n) is 11.1. The molecule has 0 aliphatic carbocycles. The molecule has 160 valence electrons. The van der Waals surface area contributed by atoms with Crippen LogP contribution in [-0.2, 0) is 16.1 Å². The van der Waals surface area contributed by atoms with Crippen molar-refractivity contribution in [3.63, 3.8) is 0 Å². The monoisotopic (exact) mass is 415 g/mol. The molecule has 3 aromatic rings. The molecule has 0 saturated carbocycles. The van der Waals surface area contributed by atoms with Gasteiger partial charge in [-0.05, 0) is 11.1 Å². The molecule has 3 aromatic carbocycles. The molecule has 31 heavy (non-hydrogen) atoms. The van der Waals surface area contributed by atoms with Crippen molar-refractivity contribution in [1.29, 1.82) is 0 Å². The smallest absolute Gasteiger partial charge is 0.221 e. The number of hydrogen-bond acceptors (Lipinski definition) is 2. The van der Waals surface area contributed by atoms with E-state index in [-0.39, 0.29) is 17.9 Å². The van der Waals surface area contributed by atoms with E-state index < -0.39 is 0 Å². The van der Waals surface area contributed by atoms with Gasteiger partial charge in [-0.1, -0.05) is 91.0 Å². The highest BCUT2D eigenvalue weighted by molar-refractivity contribution is 5.77. The molecular weight excluding hydrogens is 384 g/mol. The molecular formula is C27H31N2O2+. The van der Waals surface area contributed by atoms with Crippen LogP contribution < -0.4 is 10.2 Å². The minimum Gasteiger partial charge on any atom is -0.365 e. The fourth-order valence-corrected chi connectivity index (χ4v) is 4.31. The van der Waals surface area contributed by atoms with E-state index in [2.05, 4.69) is 59.9 Å². The number of quaternary nitrogens is 1. The van der Waals surface area contributed by atoms with Crippen LogP contribution in [-0.4, -0.2) is 38.3 Å². The molecule has 0 aromatic heterocycles. The Balaban J connectivity index is 1.32. The van der Waals surface area contributed by atoms with Gasteiger partial charge in [0.05, 0.1) is 6.61 Å². The molecule has 1 amide bonds. The fraction of sp³-hybridized carbons (Fsp3) is 0.296. The minimum atomic E-state index is 0.0508. The van der Waals surface area contributed by atoms with Crippen molar-refractivity contribution in [2.24, 2.45) is 0 Å². The highest BCUT2D eigenvalue weighted by Gasteiger charge is 2.25. The standard InChI is InChI=1S/C27H30N2O2/c30-27(18-26(23-12-6-2-7-13-23)24-14-8-3-9-15-24)28-19-25-21-29(16-17-31-25)20-22-10-4-1-5-11-22/h1-15,25-26H,16-21H2,(H,28,30)/p+1/t25-/m1/s1. The summed E-state index contributed by atoms with van der Waals surface area (Å²) in [4.78, 5) is 14.3. The van der Waals surface area contributed by atoms with Gasteiger partial charge in [-0.3, -0.25) is 4.79 Å². The lowest BCUT2D eigenvalue weighted by atomic mass is 9.88. The lowest BCUT2D eigenvalue weighted by Gasteiger charge is -2.30. The molecule has 2 N–H and O–H groups in total. The van der Waals surface area contributed by atoms with E-state index in [0.29, 0.717) is 13.0 Å². The minimum absolute atomic E-state index is 0.0508. The van der Waals surface area contributed by atoms with Crippen LogP contribution in [0, 0.1) is 0 Å². The van der Waals surface area contributed by atoms with E-state index in [0.717, 1.165) is 37.4 Å². The van der Waals surface area contributed by atoms with Gasteiger partial charge in [-0.15, -0.1) is 0 Å². The Bertz CT molecular complexity index is 892. The van der Waals surface area contributed by atoms with Crippen molar-refractivity contribution in [2.75, 3.05) is 26.2 Å². The number of morpholine rings is 1. The summed E-state index contributed by atoms with van der Waals surface area (Å²) in [5.41, 5.74) is 3.67. The van der Waals surface area contributed by atoms with Crippen molar-refractivity contribution in [3.05, 3.63) is 108 Å². The maximum atomic E-state index is 12.8. The summed E-state index contributed by atoms with van der Waals surface area (Å²) >= 11 is 0. The van der Waals surface area contributed by atoms with E-state index >= 15 is 0 Å². The summed E-state index contributed by atoms with van der Waals surface area (Å²) in [5.74, 6) is 0.117. The van der Waals surface area contributed by atoms with Gasteiger partial charge in [0.15, 0.2) is 0 Å². The van der Waals surface area contributed by atoms with E-state index in [4.69, 9.17) is 4.74 Å². The highest BCUT2D eigenvalue weighted by Crippen LogP contribution is 2.27. The second kappa shape index (κ2) is 10.9. The lowest BCUT2D eigenvalue weighted by molar-refractivity contribution is -0.925. The van der Waals surface area contributed by atoms with Crippen molar-refractivity contribution in [1.82, 2.24) is 5.32 Å². The number of nitrogens with one attached hydrogen (secondary N) is 2. The van der Waals surface area contributed by atoms with Crippen LogP contribution in [0.4, 0.5) is 0 Å². The van der Waals surface area contributed by atoms with E-state index in [9.17, 15) is 4.79 Å². The Kier molecular flexibility index (Phi) is 7.48. The molecule has 0 bridgehead atoms. The van der Waals surface area contributed by atoms with Crippen molar-refractivity contribution < 1.29 is 14.4 Å². The average Bonchev–Trinajstić information content (AvgIpc) is 2.83. The molecule has 1 fully saturated rings. The highest BCUT2D eigenvalue weighted by atomic mass is 16.5. The number of carbonyl (C=O) groups excluding carboxylic acids is 1. The molecule has 4 heteroatoms. The number of benzene rings is 3. The Labute approximate surface area is 184 Å². The van der Waals surface area contributed by atoms with Crippen molar-refractivity contribution in [3.8, 4) is 0 Å². The number of rotatable bonds is 8. The van der Waals surface area contributed by atoms with Gasteiger partial charge in [0.1, 0.15) is 25.7 Å². The van der Waals surface area contributed by atoms with Crippen LogP contribution in [0.3, 0.4) is 0 Å². The third kappa shape index (κ3) is 6.27. The molecule has 4 nitrogen and oxygen atoms in total. The van der Waals surface area contributed by atoms with Crippen LogP contribution >= 0.6 is 0 Å². The Morgan fingerprint density at radius 3 is 2.10 bits per heavy atom. The van der Waals surface area contributed by atoms with Gasteiger partial charge in [-0.25, -0.2) is 0 Å². The van der Waals surface area contributed by atoms with Gasteiger partial charge in [0.25, 0.3) is 0 Å². The number of hydrogen-bond donors (Lipinski definition) is 2. The molecule has 0 radical (unpaired) electrons. The molecule has 4 rings (SSSR count). The summed E-state index contributed by atoms with van der Waals surface area (Å²) in [7, 11) is 0. The van der Waals surface area contributed by atoms with E-state index in [1.54, 1.807) is 0 Å². The lowest BCUT2D eigenvalue weighted by Crippen LogP contribution is -3.13. The first-order valence-corrected chi connectivity index (χ1v) is 11.1. The molecule has 1 saturated heterocycles. The van der Waals surface area contributed by atoms with Crippen LogP contribution in [0.25, 0.3) is 0 Å². The summed E-state index contributed by atoms with van der Waals surface area (Å²) < 4.78 is 5.94. The zero-order valence-electron chi connectivity index (χ0n) is 17.9. The Morgan fingerprint density at radius 2 is 1.48 bits per heavy atom. The zero-order chi connectivity index (χ0) is 21.3. The normalized spacial score (nSPS) is 18.6. The number of ether oxygens (including phenoxy) is 1. The molecule has 1 heterocycles. The largest absolute Gasteiger partial charge is 0.365 e. The Morgan fingerprint density at radius 1 is 0.903 bits per heavy atom. The second-order valence-corrected chi connectivity index (χ2v) is 8.24. The first kappa shape index (κ1) is 21.3. The summed E-state index contributed by atoms with van der Waals surface area (Å²) in [6.45, 7) is 4.21. The summed E-state index contributed by atoms with van der Waals surface area (Å²) in [5, 5.41) is 3.13. The summed E-state index contributed by atoms with van der Waals surface area (Å²) in [6.07, 6.45) is 0.491. The third-order valence-electron chi connectivity index (χ3n) is 5.94. The number of carbonyl (C=O) groups is 1. The fourth-order valence-electron chi connectivity index (χ4n) is 4.31. The van der Waals surface area contributed by atoms with E-state index in [1.807, 2.05) is 36.4 Å². The van der Waals surface area contributed by atoms with Crippen LogP contribution in [0.15, 0.2) is 91.0 Å². The topological polar surface area (TPSA) is 42.8 Å². The maximum Gasteiger partial charge on any atom is 0.221 e. The molecule has 0 spiro atoms. The van der Waals surface area contributed by atoms with Crippen LogP contribution in [0.2, 0.25) is 0 Å². The van der Waals surface area contributed by atoms with Crippen molar-refractivity contribution in [2.45, 2.75) is 25.0 Å². The van der Waals surface area contributed by atoms with E-state index in [1.165, 1.54) is 10.5 Å². The van der Waals surface area contributed by atoms with Gasteiger partial charge in [0.2, 0.25) is 5.91 Å². The average molecular weight is 416 g/mol. The van der Waals surface area contributed by atoms with Gasteiger partial charge >= 0.3 is 0 Å². The molecule has 1 aliphatic heterocycles. The van der Waals surface area contributed by atoms with Crippen LogP contribution in [0.5, 0.6) is 0 Å². The Hall–Kier alpha value is -2.95. The summed E-state index contributed by atoms with van der Waals surface area (Å²) in [6, 6.07) is 31.1. The van der Waals surface area contributed by atoms with Crippen LogP contribution in [0.1, 0.15) is 29.0 Å². The predicted octanol–water partition coefficient (Wildman–Crippen LogP) is 2.81. The maximum absolute atomic E-state index is 12.8. The molecule has 1 unspecified atom stereocenters. The molecule has 2 atom stereocenters. The SMILES string of the molecule is O=C(CC(c1ccccc1)c1ccccc1)NC[C@@H]1C[NH+](Cc2ccccc2)CCO1. The van der Waals surface area contributed by atoms with Gasteiger partial charge in [0, 0.05) is 24.4 Å².